The third-order valence-corrected chi connectivity index (χ3v) is 1.75. The number of allylic oxidation sites excluding steroid dienone is 1. The van der Waals surface area contributed by atoms with Crippen LogP contribution in [0.15, 0.2) is 11.5 Å². The van der Waals surface area contributed by atoms with Gasteiger partial charge in [-0.1, -0.05) is 25.8 Å². The van der Waals surface area contributed by atoms with Crippen molar-refractivity contribution in [3.05, 3.63) is 11.5 Å². The summed E-state index contributed by atoms with van der Waals surface area (Å²) in [6.45, 7) is 2.08. The molecule has 0 atom stereocenters. The summed E-state index contributed by atoms with van der Waals surface area (Å²) in [6, 6.07) is 0. The molecule has 0 aliphatic rings. The van der Waals surface area contributed by atoms with Gasteiger partial charge < -0.3 is 0 Å². The summed E-state index contributed by atoms with van der Waals surface area (Å²) in [5.74, 6) is 0. The molecule has 0 bridgehead atoms. The van der Waals surface area contributed by atoms with Gasteiger partial charge in [0.2, 0.25) is 0 Å². The van der Waals surface area contributed by atoms with E-state index in [4.69, 9.17) is 0 Å². The number of hydrogen-bond donors (Lipinski definition) is 0. The Morgan fingerprint density at radius 1 is 1.40 bits per heavy atom. The second-order valence-corrected chi connectivity index (χ2v) is 4.27. The normalized spacial score (nSPS) is 12.6. The molecule has 0 N–H and O–H groups in total. The second kappa shape index (κ2) is 4.50. The van der Waals surface area contributed by atoms with Crippen LogP contribution < -0.4 is 0 Å². The minimum absolute atomic E-state index is 0.865. The van der Waals surface area contributed by atoms with Crippen molar-refractivity contribution in [3.8, 4) is 0 Å². The highest BCUT2D eigenvalue weighted by molar-refractivity contribution is 7.93. The molecule has 0 aliphatic heterocycles. The van der Waals surface area contributed by atoms with Gasteiger partial charge in [-0.3, -0.25) is 0 Å². The van der Waals surface area contributed by atoms with E-state index < -0.39 is 9.84 Å². The molecule has 0 rings (SSSR count). The molecule has 0 saturated carbocycles. The lowest BCUT2D eigenvalue weighted by atomic mass is 10.2. The summed E-state index contributed by atoms with van der Waals surface area (Å²) >= 11 is 0. The molecule has 0 amide bonds. The first-order chi connectivity index (χ1) is 4.56. The number of rotatable bonds is 4. The van der Waals surface area contributed by atoms with Crippen LogP contribution in [0.1, 0.15) is 26.2 Å². The Hall–Kier alpha value is -0.310. The van der Waals surface area contributed by atoms with Crippen molar-refractivity contribution < 1.29 is 8.42 Å². The predicted octanol–water partition coefficient (Wildman–Crippen LogP) is 1.73. The maximum atomic E-state index is 10.5. The molecule has 0 radical (unpaired) electrons. The quantitative estimate of drug-likeness (QED) is 0.590. The van der Waals surface area contributed by atoms with Crippen LogP contribution in [0, 0.1) is 0 Å². The SMILES string of the molecule is CCCCC=CS(C)(=O)=O. The smallest absolute Gasteiger partial charge is 0.168 e. The summed E-state index contributed by atoms with van der Waals surface area (Å²) in [6.07, 6.45) is 5.94. The Bertz CT molecular complexity index is 190. The Balaban J connectivity index is 3.58. The van der Waals surface area contributed by atoms with Crippen molar-refractivity contribution in [2.24, 2.45) is 0 Å². The minimum Gasteiger partial charge on any atom is -0.225 e. The van der Waals surface area contributed by atoms with Gasteiger partial charge in [-0.05, 0) is 6.42 Å². The van der Waals surface area contributed by atoms with Gasteiger partial charge in [-0.15, -0.1) is 0 Å². The molecule has 60 valence electrons. The Kier molecular flexibility index (Phi) is 4.36. The lowest BCUT2D eigenvalue weighted by Gasteiger charge is -1.87. The molecule has 10 heavy (non-hydrogen) atoms. The van der Waals surface area contributed by atoms with Crippen molar-refractivity contribution in [3.63, 3.8) is 0 Å². The van der Waals surface area contributed by atoms with Gasteiger partial charge in [0.25, 0.3) is 0 Å². The molecule has 0 aromatic rings. The molecular formula is C7H14O2S. The van der Waals surface area contributed by atoms with Crippen molar-refractivity contribution in [2.75, 3.05) is 6.26 Å². The summed E-state index contributed by atoms with van der Waals surface area (Å²) in [5.41, 5.74) is 0. The summed E-state index contributed by atoms with van der Waals surface area (Å²) in [4.78, 5) is 0. The van der Waals surface area contributed by atoms with Gasteiger partial charge in [0.15, 0.2) is 9.84 Å². The molecule has 0 aromatic carbocycles. The highest BCUT2D eigenvalue weighted by Crippen LogP contribution is 1.96. The third kappa shape index (κ3) is 7.69. The third-order valence-electron chi connectivity index (χ3n) is 1.07. The van der Waals surface area contributed by atoms with Crippen LogP contribution in [-0.2, 0) is 9.84 Å². The van der Waals surface area contributed by atoms with Crippen LogP contribution in [-0.4, -0.2) is 14.7 Å². The van der Waals surface area contributed by atoms with E-state index in [9.17, 15) is 8.42 Å². The van der Waals surface area contributed by atoms with E-state index in [-0.39, 0.29) is 0 Å². The summed E-state index contributed by atoms with van der Waals surface area (Å²) < 4.78 is 21.0. The first kappa shape index (κ1) is 9.69. The lowest BCUT2D eigenvalue weighted by Crippen LogP contribution is -1.87. The molecule has 0 fully saturated rings. The molecule has 0 saturated heterocycles. The van der Waals surface area contributed by atoms with Crippen LogP contribution >= 0.6 is 0 Å². The fourth-order valence-corrected chi connectivity index (χ4v) is 1.05. The van der Waals surface area contributed by atoms with Crippen LogP contribution in [0.2, 0.25) is 0 Å². The Morgan fingerprint density at radius 2 is 2.00 bits per heavy atom. The fourth-order valence-electron chi connectivity index (χ4n) is 0.565. The molecule has 0 spiro atoms. The van der Waals surface area contributed by atoms with Gasteiger partial charge in [0, 0.05) is 11.7 Å². The van der Waals surface area contributed by atoms with Gasteiger partial charge in [0.1, 0.15) is 0 Å². The van der Waals surface area contributed by atoms with Gasteiger partial charge >= 0.3 is 0 Å². The van der Waals surface area contributed by atoms with Gasteiger partial charge in [0.05, 0.1) is 0 Å². The first-order valence-corrected chi connectivity index (χ1v) is 5.38. The monoisotopic (exact) mass is 162 g/mol. The molecule has 0 aromatic heterocycles. The molecular weight excluding hydrogens is 148 g/mol. The zero-order valence-corrected chi connectivity index (χ0v) is 7.32. The van der Waals surface area contributed by atoms with E-state index in [1.807, 2.05) is 0 Å². The Labute approximate surface area is 62.9 Å². The highest BCUT2D eigenvalue weighted by atomic mass is 32.2. The van der Waals surface area contributed by atoms with Crippen molar-refractivity contribution in [1.29, 1.82) is 0 Å². The predicted molar refractivity (Wildman–Crippen MR) is 43.5 cm³/mol. The standard InChI is InChI=1S/C7H14O2S/c1-3-4-5-6-7-10(2,8)9/h6-7H,3-5H2,1-2H3. The molecule has 2 nitrogen and oxygen atoms in total. The van der Waals surface area contributed by atoms with Crippen molar-refractivity contribution >= 4 is 9.84 Å². The van der Waals surface area contributed by atoms with E-state index in [0.29, 0.717) is 0 Å². The lowest BCUT2D eigenvalue weighted by molar-refractivity contribution is 0.610. The highest BCUT2D eigenvalue weighted by Gasteiger charge is 1.90. The first-order valence-electron chi connectivity index (χ1n) is 3.43. The summed E-state index contributed by atoms with van der Waals surface area (Å²) in [7, 11) is -2.89. The number of hydrogen-bond acceptors (Lipinski definition) is 2. The van der Waals surface area contributed by atoms with Crippen LogP contribution in [0.3, 0.4) is 0 Å². The van der Waals surface area contributed by atoms with Crippen molar-refractivity contribution in [1.82, 2.24) is 0 Å². The minimum atomic E-state index is -2.89. The van der Waals surface area contributed by atoms with Crippen LogP contribution in [0.5, 0.6) is 0 Å². The fraction of sp³-hybridized carbons (Fsp3) is 0.714. The van der Waals surface area contributed by atoms with Crippen molar-refractivity contribution in [2.45, 2.75) is 26.2 Å². The van der Waals surface area contributed by atoms with E-state index in [2.05, 4.69) is 6.92 Å². The number of sulfone groups is 1. The molecule has 0 aliphatic carbocycles. The largest absolute Gasteiger partial charge is 0.225 e. The zero-order valence-electron chi connectivity index (χ0n) is 6.50. The molecule has 0 unspecified atom stereocenters. The average molecular weight is 162 g/mol. The average Bonchev–Trinajstić information content (AvgIpc) is 1.78. The van der Waals surface area contributed by atoms with Crippen LogP contribution in [0.25, 0.3) is 0 Å². The van der Waals surface area contributed by atoms with E-state index in [1.54, 1.807) is 6.08 Å². The molecule has 0 heterocycles. The maximum Gasteiger partial charge on any atom is 0.168 e. The topological polar surface area (TPSA) is 34.1 Å². The summed E-state index contributed by atoms with van der Waals surface area (Å²) in [5, 5.41) is 1.27. The van der Waals surface area contributed by atoms with Crippen LogP contribution in [0.4, 0.5) is 0 Å². The van der Waals surface area contributed by atoms with E-state index in [0.717, 1.165) is 19.3 Å². The Morgan fingerprint density at radius 3 is 2.40 bits per heavy atom. The van der Waals surface area contributed by atoms with Gasteiger partial charge in [-0.2, -0.15) is 0 Å². The number of unbranched alkanes of at least 4 members (excludes halogenated alkanes) is 2. The molecule has 3 heteroatoms. The van der Waals surface area contributed by atoms with E-state index >= 15 is 0 Å². The second-order valence-electron chi connectivity index (χ2n) is 2.34. The maximum absolute atomic E-state index is 10.5. The van der Waals surface area contributed by atoms with Gasteiger partial charge in [-0.25, -0.2) is 8.42 Å². The zero-order chi connectivity index (χ0) is 8.04. The van der Waals surface area contributed by atoms with E-state index in [1.165, 1.54) is 11.7 Å².